The van der Waals surface area contributed by atoms with Gasteiger partial charge in [0.2, 0.25) is 0 Å². The Bertz CT molecular complexity index is 1960. The van der Waals surface area contributed by atoms with Gasteiger partial charge in [-0.05, 0) is 138 Å². The number of aryl methyl sites for hydroxylation is 6. The first-order valence-electron chi connectivity index (χ1n) is 18.9. The van der Waals surface area contributed by atoms with Gasteiger partial charge in [0.15, 0.2) is 0 Å². The molecule has 0 radical (unpaired) electrons. The Labute approximate surface area is 314 Å². The van der Waals surface area contributed by atoms with Crippen LogP contribution in [0.15, 0.2) is 121 Å². The highest BCUT2D eigenvalue weighted by molar-refractivity contribution is 5.82. The minimum Gasteiger partial charge on any atom is -0.310 e. The van der Waals surface area contributed by atoms with Crippen molar-refractivity contribution in [2.24, 2.45) is 0 Å². The van der Waals surface area contributed by atoms with Gasteiger partial charge in [0.1, 0.15) is 0 Å². The maximum Gasteiger partial charge on any atom is 0.0520 e. The molecule has 0 aliphatic heterocycles. The highest BCUT2D eigenvalue weighted by Crippen LogP contribution is 2.42. The van der Waals surface area contributed by atoms with Crippen LogP contribution in [0.25, 0.3) is 11.1 Å². The van der Waals surface area contributed by atoms with Gasteiger partial charge in [0, 0.05) is 17.3 Å². The summed E-state index contributed by atoms with van der Waals surface area (Å²) in [5, 5.41) is 0. The van der Waals surface area contributed by atoms with Crippen LogP contribution in [0.2, 0.25) is 0 Å². The molecule has 1 atom stereocenters. The lowest BCUT2D eigenvalue weighted by atomic mass is 9.77. The number of benzene rings is 6. The van der Waals surface area contributed by atoms with Crippen LogP contribution in [0.3, 0.4) is 0 Å². The first-order chi connectivity index (χ1) is 24.5. The lowest BCUT2D eigenvalue weighted by Gasteiger charge is -2.31. The Hall–Kier alpha value is -4.88. The fraction of sp³-hybridized carbons (Fsp3) is 0.294. The SMILES string of the molecule is Cc1ccc(C(c2ccc(-c3ccc(N(c4ccc(C)cc4)c4c(C)cc(C(C)(C)C)cc4C)cc3)cc2)c2c(C)cc(C(C)(C)C)cc2C)cc1. The Morgan fingerprint density at radius 3 is 1.13 bits per heavy atom. The summed E-state index contributed by atoms with van der Waals surface area (Å²) >= 11 is 0. The van der Waals surface area contributed by atoms with Crippen molar-refractivity contribution < 1.29 is 0 Å². The zero-order valence-electron chi connectivity index (χ0n) is 33.6. The zero-order chi connectivity index (χ0) is 37.5. The van der Waals surface area contributed by atoms with E-state index in [1.807, 2.05) is 0 Å². The van der Waals surface area contributed by atoms with Crippen LogP contribution in [-0.2, 0) is 10.8 Å². The molecule has 0 aliphatic rings. The van der Waals surface area contributed by atoms with Crippen LogP contribution in [0.5, 0.6) is 0 Å². The topological polar surface area (TPSA) is 3.24 Å². The monoisotopic (exact) mass is 683 g/mol. The third kappa shape index (κ3) is 7.65. The molecule has 0 bridgehead atoms. The van der Waals surface area contributed by atoms with Gasteiger partial charge >= 0.3 is 0 Å². The van der Waals surface area contributed by atoms with Crippen LogP contribution >= 0.6 is 0 Å². The van der Waals surface area contributed by atoms with E-state index < -0.39 is 0 Å². The number of nitrogens with zero attached hydrogens (tertiary/aromatic N) is 1. The van der Waals surface area contributed by atoms with Crippen molar-refractivity contribution in [2.75, 3.05) is 4.90 Å². The van der Waals surface area contributed by atoms with Gasteiger partial charge in [-0.15, -0.1) is 0 Å². The Morgan fingerprint density at radius 1 is 0.404 bits per heavy atom. The molecule has 0 saturated carbocycles. The molecule has 6 aromatic carbocycles. The van der Waals surface area contributed by atoms with E-state index in [-0.39, 0.29) is 16.7 Å². The normalized spacial score (nSPS) is 12.5. The summed E-state index contributed by atoms with van der Waals surface area (Å²) in [7, 11) is 0. The van der Waals surface area contributed by atoms with E-state index in [9.17, 15) is 0 Å². The van der Waals surface area contributed by atoms with Crippen molar-refractivity contribution in [2.45, 2.75) is 99.8 Å². The molecular weight excluding hydrogens is 627 g/mol. The van der Waals surface area contributed by atoms with E-state index >= 15 is 0 Å². The fourth-order valence-corrected chi connectivity index (χ4v) is 7.66. The van der Waals surface area contributed by atoms with Crippen molar-refractivity contribution in [3.05, 3.63) is 183 Å². The summed E-state index contributed by atoms with van der Waals surface area (Å²) in [5.41, 5.74) is 20.8. The minimum atomic E-state index is 0.0919. The largest absolute Gasteiger partial charge is 0.310 e. The summed E-state index contributed by atoms with van der Waals surface area (Å²) in [6, 6.07) is 45.9. The maximum atomic E-state index is 2.42. The van der Waals surface area contributed by atoms with E-state index in [2.05, 4.69) is 209 Å². The molecule has 1 unspecified atom stereocenters. The molecule has 0 N–H and O–H groups in total. The van der Waals surface area contributed by atoms with Gasteiger partial charge in [0.05, 0.1) is 5.69 Å². The average molecular weight is 684 g/mol. The second kappa shape index (κ2) is 14.3. The molecule has 6 rings (SSSR count). The predicted octanol–water partition coefficient (Wildman–Crippen LogP) is 14.4. The highest BCUT2D eigenvalue weighted by atomic mass is 15.1. The molecular formula is C51H57N. The van der Waals surface area contributed by atoms with E-state index in [1.165, 1.54) is 83.7 Å². The molecule has 52 heavy (non-hydrogen) atoms. The van der Waals surface area contributed by atoms with Gasteiger partial charge in [-0.2, -0.15) is 0 Å². The number of hydrogen-bond donors (Lipinski definition) is 0. The van der Waals surface area contributed by atoms with Crippen molar-refractivity contribution >= 4 is 17.1 Å². The molecule has 0 aliphatic carbocycles. The van der Waals surface area contributed by atoms with E-state index in [0.29, 0.717) is 0 Å². The standard InChI is InChI=1S/C51H57N/c1-33-13-17-41(18-14-33)48(47-35(3)29-43(30-36(47)4)50(7,8)9)42-21-19-39(20-22-42)40-23-27-46(28-24-40)52(45-25-15-34(2)16-26-45)49-37(5)31-44(32-38(49)6)51(10,11)12/h13-32,48H,1-12H3. The molecule has 266 valence electrons. The third-order valence-corrected chi connectivity index (χ3v) is 10.7. The van der Waals surface area contributed by atoms with Gasteiger partial charge in [-0.1, -0.05) is 150 Å². The van der Waals surface area contributed by atoms with Crippen LogP contribution in [0, 0.1) is 41.5 Å². The number of anilines is 3. The molecule has 0 aromatic heterocycles. The predicted molar refractivity (Wildman–Crippen MR) is 226 cm³/mol. The molecule has 0 amide bonds. The van der Waals surface area contributed by atoms with Crippen LogP contribution in [-0.4, -0.2) is 0 Å². The lowest BCUT2D eigenvalue weighted by Crippen LogP contribution is -2.16. The van der Waals surface area contributed by atoms with Crippen LogP contribution in [0.4, 0.5) is 17.1 Å². The summed E-state index contributed by atoms with van der Waals surface area (Å²) < 4.78 is 0. The van der Waals surface area contributed by atoms with Crippen molar-refractivity contribution in [3.8, 4) is 11.1 Å². The van der Waals surface area contributed by atoms with Gasteiger partial charge < -0.3 is 4.90 Å². The number of rotatable bonds is 7. The molecule has 1 nitrogen and oxygen atoms in total. The first-order valence-corrected chi connectivity index (χ1v) is 18.9. The highest BCUT2D eigenvalue weighted by Gasteiger charge is 2.25. The van der Waals surface area contributed by atoms with Gasteiger partial charge in [0.25, 0.3) is 0 Å². The quantitative estimate of drug-likeness (QED) is 0.151. The molecule has 1 heteroatoms. The summed E-state index contributed by atoms with van der Waals surface area (Å²) in [6.07, 6.45) is 0. The molecule has 6 aromatic rings. The second-order valence-corrected chi connectivity index (χ2v) is 17.2. The Kier molecular flexibility index (Phi) is 10.1. The molecule has 0 heterocycles. The Balaban J connectivity index is 1.38. The minimum absolute atomic E-state index is 0.0919. The zero-order valence-corrected chi connectivity index (χ0v) is 33.6. The van der Waals surface area contributed by atoms with E-state index in [4.69, 9.17) is 0 Å². The summed E-state index contributed by atoms with van der Waals surface area (Å²) in [5.74, 6) is 0.158. The lowest BCUT2D eigenvalue weighted by molar-refractivity contribution is 0.588. The molecule has 0 spiro atoms. The molecule has 0 fully saturated rings. The van der Waals surface area contributed by atoms with E-state index in [1.54, 1.807) is 0 Å². The van der Waals surface area contributed by atoms with Crippen LogP contribution < -0.4 is 4.90 Å². The van der Waals surface area contributed by atoms with Gasteiger partial charge in [-0.3, -0.25) is 0 Å². The maximum absolute atomic E-state index is 2.42. The van der Waals surface area contributed by atoms with Crippen molar-refractivity contribution in [1.29, 1.82) is 0 Å². The second-order valence-electron chi connectivity index (χ2n) is 17.2. The van der Waals surface area contributed by atoms with Gasteiger partial charge in [-0.25, -0.2) is 0 Å². The first kappa shape index (κ1) is 36.9. The molecule has 0 saturated heterocycles. The number of hydrogen-bond acceptors (Lipinski definition) is 1. The third-order valence-electron chi connectivity index (χ3n) is 10.7. The smallest absolute Gasteiger partial charge is 0.0520 e. The van der Waals surface area contributed by atoms with Crippen molar-refractivity contribution in [1.82, 2.24) is 0 Å². The average Bonchev–Trinajstić information content (AvgIpc) is 3.08. The van der Waals surface area contributed by atoms with Crippen molar-refractivity contribution in [3.63, 3.8) is 0 Å². The summed E-state index contributed by atoms with van der Waals surface area (Å²) in [4.78, 5) is 2.42. The fourth-order valence-electron chi connectivity index (χ4n) is 7.66. The van der Waals surface area contributed by atoms with E-state index in [0.717, 1.165) is 5.69 Å². The Morgan fingerprint density at radius 2 is 0.731 bits per heavy atom. The summed E-state index contributed by atoms with van der Waals surface area (Å²) in [6.45, 7) is 27.2. The van der Waals surface area contributed by atoms with Crippen LogP contribution in [0.1, 0.15) is 109 Å².